The maximum absolute atomic E-state index is 12.9. The van der Waals surface area contributed by atoms with Crippen LogP contribution in [0.3, 0.4) is 0 Å². The summed E-state index contributed by atoms with van der Waals surface area (Å²) in [5.74, 6) is -0.285. The molecule has 1 fully saturated rings. The molecule has 80 valence electrons. The Balaban J connectivity index is 2.08. The lowest BCUT2D eigenvalue weighted by molar-refractivity contribution is 0.202. The van der Waals surface area contributed by atoms with Gasteiger partial charge in [-0.15, -0.1) is 0 Å². The molecular weight excluding hydrogens is 195 g/mol. The number of amides is 2. The molecule has 1 saturated carbocycles. The van der Waals surface area contributed by atoms with Crippen LogP contribution in [0.2, 0.25) is 0 Å². The van der Waals surface area contributed by atoms with E-state index in [1.807, 2.05) is 0 Å². The number of carbonyl (C=O) groups is 1. The van der Waals surface area contributed by atoms with Crippen LogP contribution in [0.1, 0.15) is 18.4 Å². The lowest BCUT2D eigenvalue weighted by Gasteiger charge is -2.19. The van der Waals surface area contributed by atoms with E-state index in [0.29, 0.717) is 6.54 Å². The van der Waals surface area contributed by atoms with Crippen molar-refractivity contribution in [2.75, 3.05) is 0 Å². The van der Waals surface area contributed by atoms with E-state index in [4.69, 9.17) is 5.73 Å². The molecule has 0 atom stereocenters. The number of nitrogens with two attached hydrogens (primary N) is 1. The van der Waals surface area contributed by atoms with Crippen molar-refractivity contribution in [2.24, 2.45) is 5.73 Å². The van der Waals surface area contributed by atoms with Gasteiger partial charge in [0.2, 0.25) is 0 Å². The molecule has 2 amide bonds. The van der Waals surface area contributed by atoms with Gasteiger partial charge in [0, 0.05) is 12.6 Å². The summed E-state index contributed by atoms with van der Waals surface area (Å²) in [5, 5.41) is 0. The van der Waals surface area contributed by atoms with E-state index in [2.05, 4.69) is 0 Å². The summed E-state index contributed by atoms with van der Waals surface area (Å²) in [5.41, 5.74) is 6.04. The molecule has 4 heteroatoms. The summed E-state index contributed by atoms with van der Waals surface area (Å²) in [6.07, 6.45) is 2.00. The lowest BCUT2D eigenvalue weighted by Crippen LogP contribution is -2.36. The standard InChI is InChI=1S/C11H13FN2O/c12-9-3-1-2-8(6-9)7-14(11(13)15)10-4-5-10/h1-3,6,10H,4-5,7H2,(H2,13,15). The summed E-state index contributed by atoms with van der Waals surface area (Å²) >= 11 is 0. The highest BCUT2D eigenvalue weighted by atomic mass is 19.1. The monoisotopic (exact) mass is 208 g/mol. The summed E-state index contributed by atoms with van der Waals surface area (Å²) in [6.45, 7) is 0.401. The van der Waals surface area contributed by atoms with Crippen LogP contribution in [0.4, 0.5) is 9.18 Å². The third-order valence-electron chi connectivity index (χ3n) is 2.51. The van der Waals surface area contributed by atoms with Gasteiger partial charge in [-0.1, -0.05) is 12.1 Å². The number of nitrogens with zero attached hydrogens (tertiary/aromatic N) is 1. The first-order valence-corrected chi connectivity index (χ1v) is 4.97. The molecule has 1 aromatic rings. The smallest absolute Gasteiger partial charge is 0.315 e. The van der Waals surface area contributed by atoms with Crippen molar-refractivity contribution in [1.29, 1.82) is 0 Å². The Labute approximate surface area is 87.7 Å². The summed E-state index contributed by atoms with van der Waals surface area (Å²) < 4.78 is 12.9. The van der Waals surface area contributed by atoms with Crippen LogP contribution in [-0.4, -0.2) is 17.0 Å². The number of urea groups is 1. The van der Waals surface area contributed by atoms with Gasteiger partial charge in [0.25, 0.3) is 0 Å². The lowest BCUT2D eigenvalue weighted by atomic mass is 10.2. The quantitative estimate of drug-likeness (QED) is 0.809. The topological polar surface area (TPSA) is 46.3 Å². The predicted octanol–water partition coefficient (Wildman–Crippen LogP) is 1.87. The van der Waals surface area contributed by atoms with Crippen molar-refractivity contribution in [3.05, 3.63) is 35.6 Å². The fraction of sp³-hybridized carbons (Fsp3) is 0.364. The van der Waals surface area contributed by atoms with Crippen LogP contribution < -0.4 is 5.73 Å². The van der Waals surface area contributed by atoms with E-state index in [1.165, 1.54) is 12.1 Å². The zero-order valence-electron chi connectivity index (χ0n) is 8.32. The molecule has 15 heavy (non-hydrogen) atoms. The molecule has 0 radical (unpaired) electrons. The first kappa shape index (κ1) is 9.96. The third-order valence-corrected chi connectivity index (χ3v) is 2.51. The Morgan fingerprint density at radius 2 is 2.27 bits per heavy atom. The Bertz CT molecular complexity index is 377. The van der Waals surface area contributed by atoms with E-state index in [1.54, 1.807) is 17.0 Å². The van der Waals surface area contributed by atoms with E-state index >= 15 is 0 Å². The van der Waals surface area contributed by atoms with Gasteiger partial charge in [-0.25, -0.2) is 9.18 Å². The Morgan fingerprint density at radius 1 is 1.53 bits per heavy atom. The number of carbonyl (C=O) groups excluding carboxylic acids is 1. The van der Waals surface area contributed by atoms with Gasteiger partial charge in [0.05, 0.1) is 0 Å². The number of primary amides is 1. The molecule has 0 saturated heterocycles. The van der Waals surface area contributed by atoms with Crippen LogP contribution >= 0.6 is 0 Å². The second-order valence-electron chi connectivity index (χ2n) is 3.83. The van der Waals surface area contributed by atoms with Crippen LogP contribution in [0.5, 0.6) is 0 Å². The van der Waals surface area contributed by atoms with Gasteiger partial charge in [-0.2, -0.15) is 0 Å². The molecule has 1 aliphatic carbocycles. The molecule has 0 unspecified atom stereocenters. The average molecular weight is 208 g/mol. The molecule has 1 aliphatic rings. The largest absolute Gasteiger partial charge is 0.351 e. The SMILES string of the molecule is NC(=O)N(Cc1cccc(F)c1)C1CC1. The molecule has 0 bridgehead atoms. The summed E-state index contributed by atoms with van der Waals surface area (Å²) in [7, 11) is 0. The van der Waals surface area contributed by atoms with Gasteiger partial charge < -0.3 is 10.6 Å². The van der Waals surface area contributed by atoms with Gasteiger partial charge >= 0.3 is 6.03 Å². The van der Waals surface area contributed by atoms with E-state index in [-0.39, 0.29) is 11.9 Å². The zero-order chi connectivity index (χ0) is 10.8. The Kier molecular flexibility index (Phi) is 2.58. The highest BCUT2D eigenvalue weighted by Crippen LogP contribution is 2.28. The van der Waals surface area contributed by atoms with Gasteiger partial charge in [-0.05, 0) is 30.5 Å². The molecule has 0 aliphatic heterocycles. The Hall–Kier alpha value is -1.58. The highest BCUT2D eigenvalue weighted by molar-refractivity contribution is 5.72. The Morgan fingerprint density at radius 3 is 2.80 bits per heavy atom. The third kappa shape index (κ3) is 2.46. The number of benzene rings is 1. The number of rotatable bonds is 3. The van der Waals surface area contributed by atoms with Gasteiger partial charge in [-0.3, -0.25) is 0 Å². The molecule has 3 nitrogen and oxygen atoms in total. The zero-order valence-corrected chi connectivity index (χ0v) is 8.32. The number of halogens is 1. The number of hydrogen-bond acceptors (Lipinski definition) is 1. The van der Waals surface area contributed by atoms with Crippen molar-refractivity contribution >= 4 is 6.03 Å². The van der Waals surface area contributed by atoms with Crippen LogP contribution in [0.25, 0.3) is 0 Å². The van der Waals surface area contributed by atoms with Crippen LogP contribution in [0.15, 0.2) is 24.3 Å². The van der Waals surface area contributed by atoms with E-state index in [0.717, 1.165) is 18.4 Å². The first-order chi connectivity index (χ1) is 7.16. The molecule has 0 heterocycles. The molecule has 1 aromatic carbocycles. The van der Waals surface area contributed by atoms with Crippen molar-refractivity contribution in [2.45, 2.75) is 25.4 Å². The van der Waals surface area contributed by atoms with Gasteiger partial charge in [0.1, 0.15) is 5.82 Å². The molecule has 0 spiro atoms. The maximum Gasteiger partial charge on any atom is 0.315 e. The molecule has 0 aromatic heterocycles. The van der Waals surface area contributed by atoms with Crippen LogP contribution in [0, 0.1) is 5.82 Å². The minimum absolute atomic E-state index is 0.255. The number of hydrogen-bond donors (Lipinski definition) is 1. The maximum atomic E-state index is 12.9. The highest BCUT2D eigenvalue weighted by Gasteiger charge is 2.31. The van der Waals surface area contributed by atoms with Crippen molar-refractivity contribution in [1.82, 2.24) is 4.90 Å². The average Bonchev–Trinajstić information content (AvgIpc) is 2.97. The van der Waals surface area contributed by atoms with E-state index < -0.39 is 6.03 Å². The molecule has 2 N–H and O–H groups in total. The van der Waals surface area contributed by atoms with Crippen molar-refractivity contribution in [3.8, 4) is 0 Å². The van der Waals surface area contributed by atoms with Crippen molar-refractivity contribution in [3.63, 3.8) is 0 Å². The summed E-state index contributed by atoms with van der Waals surface area (Å²) in [4.78, 5) is 12.7. The molecular formula is C11H13FN2O. The minimum Gasteiger partial charge on any atom is -0.351 e. The second kappa shape index (κ2) is 3.88. The second-order valence-corrected chi connectivity index (χ2v) is 3.83. The predicted molar refractivity (Wildman–Crippen MR) is 54.5 cm³/mol. The van der Waals surface area contributed by atoms with Gasteiger partial charge in [0.15, 0.2) is 0 Å². The molecule has 2 rings (SSSR count). The fourth-order valence-corrected chi connectivity index (χ4v) is 1.61. The normalized spacial score (nSPS) is 15.0. The van der Waals surface area contributed by atoms with Crippen LogP contribution in [-0.2, 0) is 6.54 Å². The first-order valence-electron chi connectivity index (χ1n) is 4.97. The van der Waals surface area contributed by atoms with E-state index in [9.17, 15) is 9.18 Å². The van der Waals surface area contributed by atoms with Crippen molar-refractivity contribution < 1.29 is 9.18 Å². The fourth-order valence-electron chi connectivity index (χ4n) is 1.61. The minimum atomic E-state index is -0.429. The summed E-state index contributed by atoms with van der Waals surface area (Å²) in [6, 6.07) is 6.07.